The van der Waals surface area contributed by atoms with Crippen LogP contribution < -0.4 is 10.6 Å². The Hall–Kier alpha value is -1.62. The standard InChI is InChI=1S/C13H20N4O/c1-16-8-6-10(7-9-16)17(2)12-5-3-4-11(15-18)13(12)14/h3-5,10H,6-9,14H2,1-2H3. The largest absolute Gasteiger partial charge is 0.395 e. The van der Waals surface area contributed by atoms with Crippen molar-refractivity contribution in [2.24, 2.45) is 5.18 Å². The van der Waals surface area contributed by atoms with Gasteiger partial charge in [-0.25, -0.2) is 0 Å². The number of likely N-dealkylation sites (tertiary alicyclic amines) is 1. The van der Waals surface area contributed by atoms with Gasteiger partial charge in [0.2, 0.25) is 0 Å². The van der Waals surface area contributed by atoms with Crippen molar-refractivity contribution in [2.75, 3.05) is 37.8 Å². The van der Waals surface area contributed by atoms with Gasteiger partial charge in [0.1, 0.15) is 5.69 Å². The van der Waals surface area contributed by atoms with Crippen molar-refractivity contribution in [2.45, 2.75) is 18.9 Å². The molecule has 0 atom stereocenters. The molecular formula is C13H20N4O. The van der Waals surface area contributed by atoms with Crippen LogP contribution >= 0.6 is 0 Å². The second-order valence-corrected chi connectivity index (χ2v) is 4.95. The molecule has 0 aromatic heterocycles. The number of anilines is 2. The van der Waals surface area contributed by atoms with Crippen LogP contribution in [-0.2, 0) is 0 Å². The van der Waals surface area contributed by atoms with E-state index in [1.54, 1.807) is 6.07 Å². The molecule has 1 fully saturated rings. The molecule has 2 N–H and O–H groups in total. The van der Waals surface area contributed by atoms with Crippen LogP contribution in [0.1, 0.15) is 12.8 Å². The quantitative estimate of drug-likeness (QED) is 0.658. The van der Waals surface area contributed by atoms with Crippen molar-refractivity contribution in [3.8, 4) is 0 Å². The molecule has 1 aliphatic heterocycles. The minimum atomic E-state index is 0.326. The number of piperidine rings is 1. The Kier molecular flexibility index (Phi) is 3.81. The van der Waals surface area contributed by atoms with Crippen LogP contribution in [0.2, 0.25) is 0 Å². The minimum Gasteiger partial charge on any atom is -0.395 e. The molecule has 18 heavy (non-hydrogen) atoms. The molecule has 0 amide bonds. The zero-order valence-electron chi connectivity index (χ0n) is 11.0. The Balaban J connectivity index is 2.18. The Morgan fingerprint density at radius 3 is 2.67 bits per heavy atom. The minimum absolute atomic E-state index is 0.326. The number of hydrogen-bond acceptors (Lipinski definition) is 5. The first-order valence-corrected chi connectivity index (χ1v) is 6.26. The highest BCUT2D eigenvalue weighted by Gasteiger charge is 2.22. The summed E-state index contributed by atoms with van der Waals surface area (Å²) in [6.45, 7) is 2.20. The first-order valence-electron chi connectivity index (χ1n) is 6.26. The van der Waals surface area contributed by atoms with Gasteiger partial charge in [0.05, 0.1) is 11.4 Å². The Morgan fingerprint density at radius 2 is 2.06 bits per heavy atom. The topological polar surface area (TPSA) is 61.9 Å². The number of nitrogens with zero attached hydrogens (tertiary/aromatic N) is 3. The van der Waals surface area contributed by atoms with Gasteiger partial charge in [0, 0.05) is 13.1 Å². The average Bonchev–Trinajstić information content (AvgIpc) is 2.39. The maximum absolute atomic E-state index is 10.7. The molecular weight excluding hydrogens is 228 g/mol. The zero-order valence-corrected chi connectivity index (χ0v) is 11.0. The fraction of sp³-hybridized carbons (Fsp3) is 0.538. The lowest BCUT2D eigenvalue weighted by Gasteiger charge is -2.36. The van der Waals surface area contributed by atoms with Crippen LogP contribution in [0.15, 0.2) is 23.4 Å². The molecule has 5 nitrogen and oxygen atoms in total. The first-order chi connectivity index (χ1) is 8.63. The molecule has 1 saturated heterocycles. The fourth-order valence-electron chi connectivity index (χ4n) is 2.51. The van der Waals surface area contributed by atoms with Crippen molar-refractivity contribution in [3.63, 3.8) is 0 Å². The predicted octanol–water partition coefficient (Wildman–Crippen LogP) is 2.20. The van der Waals surface area contributed by atoms with Crippen molar-refractivity contribution in [1.82, 2.24) is 4.90 Å². The highest BCUT2D eigenvalue weighted by molar-refractivity contribution is 5.79. The van der Waals surface area contributed by atoms with Crippen molar-refractivity contribution in [1.29, 1.82) is 0 Å². The zero-order chi connectivity index (χ0) is 13.1. The molecule has 0 saturated carbocycles. The lowest BCUT2D eigenvalue weighted by atomic mass is 10.0. The van der Waals surface area contributed by atoms with Crippen molar-refractivity contribution < 1.29 is 0 Å². The number of nitrogen functional groups attached to an aromatic ring is 1. The Bertz CT molecular complexity index is 427. The van der Waals surface area contributed by atoms with Gasteiger partial charge in [-0.2, -0.15) is 0 Å². The van der Waals surface area contributed by atoms with Gasteiger partial charge in [-0.05, 0) is 50.3 Å². The van der Waals surface area contributed by atoms with Gasteiger partial charge in [-0.15, -0.1) is 4.91 Å². The molecule has 98 valence electrons. The summed E-state index contributed by atoms with van der Waals surface area (Å²) < 4.78 is 0. The van der Waals surface area contributed by atoms with E-state index >= 15 is 0 Å². The van der Waals surface area contributed by atoms with Gasteiger partial charge in [-0.3, -0.25) is 0 Å². The summed E-state index contributed by atoms with van der Waals surface area (Å²) in [5, 5.41) is 2.96. The molecule has 0 radical (unpaired) electrons. The van der Waals surface area contributed by atoms with E-state index in [1.807, 2.05) is 19.2 Å². The van der Waals surface area contributed by atoms with Crippen LogP contribution in [0.25, 0.3) is 0 Å². The third-order valence-corrected chi connectivity index (χ3v) is 3.77. The molecule has 2 rings (SSSR count). The summed E-state index contributed by atoms with van der Waals surface area (Å²) >= 11 is 0. The molecule has 0 aliphatic carbocycles. The van der Waals surface area contributed by atoms with E-state index in [4.69, 9.17) is 5.73 Å². The number of nitroso groups, excluding NO2 is 1. The van der Waals surface area contributed by atoms with Crippen LogP contribution in [0.3, 0.4) is 0 Å². The van der Waals surface area contributed by atoms with Gasteiger partial charge in [0.15, 0.2) is 0 Å². The second-order valence-electron chi connectivity index (χ2n) is 4.95. The van der Waals surface area contributed by atoms with E-state index in [0.29, 0.717) is 17.4 Å². The number of benzene rings is 1. The Labute approximate surface area is 108 Å². The van der Waals surface area contributed by atoms with Gasteiger partial charge in [0.25, 0.3) is 0 Å². The van der Waals surface area contributed by atoms with Crippen LogP contribution in [-0.4, -0.2) is 38.1 Å². The first kappa shape index (κ1) is 12.8. The summed E-state index contributed by atoms with van der Waals surface area (Å²) in [6, 6.07) is 5.90. The smallest absolute Gasteiger partial charge is 0.133 e. The normalized spacial score (nSPS) is 17.7. The molecule has 1 aromatic carbocycles. The summed E-state index contributed by atoms with van der Waals surface area (Å²) in [7, 11) is 4.18. The van der Waals surface area contributed by atoms with Crippen molar-refractivity contribution in [3.05, 3.63) is 23.1 Å². The monoisotopic (exact) mass is 248 g/mol. The maximum Gasteiger partial charge on any atom is 0.133 e. The van der Waals surface area contributed by atoms with Crippen molar-refractivity contribution >= 4 is 17.1 Å². The average molecular weight is 248 g/mol. The van der Waals surface area contributed by atoms with Crippen LogP contribution in [0.4, 0.5) is 17.1 Å². The van der Waals surface area contributed by atoms with Crippen LogP contribution in [0, 0.1) is 4.91 Å². The van der Waals surface area contributed by atoms with E-state index in [-0.39, 0.29) is 0 Å². The number of rotatable bonds is 3. The van der Waals surface area contributed by atoms with E-state index in [0.717, 1.165) is 31.6 Å². The Morgan fingerprint density at radius 1 is 1.39 bits per heavy atom. The van der Waals surface area contributed by atoms with E-state index < -0.39 is 0 Å². The van der Waals surface area contributed by atoms with E-state index in [2.05, 4.69) is 22.0 Å². The van der Waals surface area contributed by atoms with Gasteiger partial charge in [-0.1, -0.05) is 6.07 Å². The number of nitrogens with two attached hydrogens (primary N) is 1. The molecule has 1 heterocycles. The third kappa shape index (κ3) is 2.46. The van der Waals surface area contributed by atoms with Gasteiger partial charge < -0.3 is 15.5 Å². The molecule has 1 aliphatic rings. The molecule has 5 heteroatoms. The van der Waals surface area contributed by atoms with Gasteiger partial charge >= 0.3 is 0 Å². The lowest BCUT2D eigenvalue weighted by molar-refractivity contribution is 0.253. The van der Waals surface area contributed by atoms with Crippen LogP contribution in [0.5, 0.6) is 0 Å². The van der Waals surface area contributed by atoms with E-state index in [9.17, 15) is 4.91 Å². The number of hydrogen-bond donors (Lipinski definition) is 1. The summed E-state index contributed by atoms with van der Waals surface area (Å²) in [6.07, 6.45) is 2.23. The summed E-state index contributed by atoms with van der Waals surface area (Å²) in [4.78, 5) is 15.2. The summed E-state index contributed by atoms with van der Waals surface area (Å²) in [5.74, 6) is 0. The predicted molar refractivity (Wildman–Crippen MR) is 75.2 cm³/mol. The summed E-state index contributed by atoms with van der Waals surface area (Å²) in [5.41, 5.74) is 7.69. The molecule has 0 bridgehead atoms. The highest BCUT2D eigenvalue weighted by atomic mass is 16.3. The van der Waals surface area contributed by atoms with E-state index in [1.165, 1.54) is 0 Å². The SMILES string of the molecule is CN1CCC(N(C)c2cccc(N=O)c2N)CC1. The fourth-order valence-corrected chi connectivity index (χ4v) is 2.51. The number of para-hydroxylation sites is 1. The molecule has 0 unspecified atom stereocenters. The molecule has 0 spiro atoms. The molecule has 1 aromatic rings. The second kappa shape index (κ2) is 5.35. The lowest BCUT2D eigenvalue weighted by Crippen LogP contribution is -2.42. The highest BCUT2D eigenvalue weighted by Crippen LogP contribution is 2.33. The maximum atomic E-state index is 10.7. The third-order valence-electron chi connectivity index (χ3n) is 3.77.